The first-order valence-electron chi connectivity index (χ1n) is 12.0. The summed E-state index contributed by atoms with van der Waals surface area (Å²) in [6, 6.07) is 26.8. The van der Waals surface area contributed by atoms with E-state index in [0.717, 1.165) is 46.0 Å². The molecule has 0 spiro atoms. The Morgan fingerprint density at radius 3 is 2.71 bits per heavy atom. The Hall–Kier alpha value is -3.54. The van der Waals surface area contributed by atoms with Gasteiger partial charge in [-0.1, -0.05) is 48.0 Å². The smallest absolute Gasteiger partial charge is 0.174 e. The molecule has 6 rings (SSSR count). The first-order valence-corrected chi connectivity index (χ1v) is 12.3. The fourth-order valence-corrected chi connectivity index (χ4v) is 4.38. The second kappa shape index (κ2) is 9.61. The number of halogens is 1. The van der Waals surface area contributed by atoms with E-state index in [9.17, 15) is 0 Å². The Morgan fingerprint density at radius 1 is 0.971 bits per heavy atom. The van der Waals surface area contributed by atoms with Crippen molar-refractivity contribution in [2.75, 3.05) is 0 Å². The number of ether oxygens (including phenoxy) is 1. The van der Waals surface area contributed by atoms with Crippen LogP contribution in [0.2, 0.25) is 5.02 Å². The molecule has 0 bridgehead atoms. The highest BCUT2D eigenvalue weighted by molar-refractivity contribution is 6.30. The van der Waals surface area contributed by atoms with Crippen molar-refractivity contribution >= 4 is 22.6 Å². The van der Waals surface area contributed by atoms with Crippen LogP contribution in [-0.2, 0) is 19.6 Å². The van der Waals surface area contributed by atoms with Crippen LogP contribution in [0.3, 0.4) is 0 Å². The Kier molecular flexibility index (Phi) is 6.03. The quantitative estimate of drug-likeness (QED) is 0.239. The summed E-state index contributed by atoms with van der Waals surface area (Å²) in [5.74, 6) is 3.06. The number of imidazole rings is 1. The summed E-state index contributed by atoms with van der Waals surface area (Å²) < 4.78 is 12.3. The summed E-state index contributed by atoms with van der Waals surface area (Å²) in [5, 5.41) is 4.23. The zero-order valence-corrected chi connectivity index (χ0v) is 20.0. The first kappa shape index (κ1) is 22.0. The van der Waals surface area contributed by atoms with Crippen LogP contribution in [-0.4, -0.2) is 16.0 Å². The van der Waals surface area contributed by atoms with Crippen LogP contribution in [0, 0.1) is 0 Å². The molecule has 0 amide bonds. The van der Waals surface area contributed by atoms with Gasteiger partial charge in [0.15, 0.2) is 11.6 Å². The lowest BCUT2D eigenvalue weighted by molar-refractivity contribution is 0.303. The maximum Gasteiger partial charge on any atom is 0.174 e. The number of H-pyrrole nitrogens is 1. The molecule has 2 N–H and O–H groups in total. The van der Waals surface area contributed by atoms with Gasteiger partial charge in [-0.2, -0.15) is 0 Å². The van der Waals surface area contributed by atoms with Crippen LogP contribution in [0.5, 0.6) is 5.75 Å². The molecular formula is C29H26ClN3O2. The molecule has 5 nitrogen and oxygen atoms in total. The number of fused-ring (bicyclic) bond motifs is 1. The van der Waals surface area contributed by atoms with Crippen LogP contribution >= 0.6 is 11.6 Å². The van der Waals surface area contributed by atoms with Crippen LogP contribution in [0.4, 0.5) is 0 Å². The summed E-state index contributed by atoms with van der Waals surface area (Å²) in [7, 11) is 0. The number of rotatable bonds is 9. The molecule has 0 saturated heterocycles. The van der Waals surface area contributed by atoms with E-state index in [1.165, 1.54) is 18.4 Å². The average Bonchev–Trinajstić information content (AvgIpc) is 3.42. The summed E-state index contributed by atoms with van der Waals surface area (Å²) in [4.78, 5) is 8.14. The van der Waals surface area contributed by atoms with Crippen molar-refractivity contribution in [3.63, 3.8) is 0 Å². The Balaban J connectivity index is 1.18. The van der Waals surface area contributed by atoms with Crippen molar-refractivity contribution in [2.24, 2.45) is 0 Å². The van der Waals surface area contributed by atoms with Crippen molar-refractivity contribution < 1.29 is 9.15 Å². The Morgan fingerprint density at radius 2 is 1.86 bits per heavy atom. The molecule has 2 aromatic heterocycles. The minimum Gasteiger partial charge on any atom is -0.489 e. The molecule has 35 heavy (non-hydrogen) atoms. The third kappa shape index (κ3) is 5.26. The van der Waals surface area contributed by atoms with Gasteiger partial charge in [0.25, 0.3) is 0 Å². The van der Waals surface area contributed by atoms with Crippen molar-refractivity contribution in [1.29, 1.82) is 0 Å². The van der Waals surface area contributed by atoms with Crippen molar-refractivity contribution in [3.8, 4) is 17.3 Å². The van der Waals surface area contributed by atoms with E-state index in [0.29, 0.717) is 29.9 Å². The molecule has 0 aliphatic heterocycles. The van der Waals surface area contributed by atoms with Gasteiger partial charge in [0.2, 0.25) is 0 Å². The maximum absolute atomic E-state index is 6.30. The molecule has 3 aromatic carbocycles. The first-order chi connectivity index (χ1) is 17.2. The van der Waals surface area contributed by atoms with Crippen molar-refractivity contribution in [2.45, 2.75) is 38.5 Å². The molecule has 5 aromatic rings. The van der Waals surface area contributed by atoms with Crippen LogP contribution < -0.4 is 10.1 Å². The number of nitrogens with zero attached hydrogens (tertiary/aromatic N) is 1. The average molecular weight is 484 g/mol. The summed E-state index contributed by atoms with van der Waals surface area (Å²) >= 11 is 6.30. The molecule has 6 heteroatoms. The van der Waals surface area contributed by atoms with Crippen LogP contribution in [0.1, 0.15) is 35.3 Å². The van der Waals surface area contributed by atoms with Gasteiger partial charge in [-0.3, -0.25) is 0 Å². The zero-order valence-electron chi connectivity index (χ0n) is 19.3. The topological polar surface area (TPSA) is 63.1 Å². The zero-order chi connectivity index (χ0) is 23.6. The lowest BCUT2D eigenvalue weighted by atomic mass is 10.1. The predicted molar refractivity (Wildman–Crippen MR) is 139 cm³/mol. The molecule has 0 radical (unpaired) electrons. The third-order valence-electron chi connectivity index (χ3n) is 6.24. The number of aromatic nitrogens is 2. The summed E-state index contributed by atoms with van der Waals surface area (Å²) in [5.41, 5.74) is 5.29. The van der Waals surface area contributed by atoms with Gasteiger partial charge >= 0.3 is 0 Å². The standard InChI is InChI=1S/C29H26ClN3O2/c30-22-7-12-27(34-18-19-4-2-1-3-5-19)21(15-22)16-24-10-13-28(35-24)29-32-25-11-6-20(14-26(25)33-29)17-31-23-8-9-23/h1-7,10-15,23,31H,8-9,16-18H2,(H,32,33). The summed E-state index contributed by atoms with van der Waals surface area (Å²) in [6.45, 7) is 1.38. The van der Waals surface area contributed by atoms with E-state index in [1.54, 1.807) is 0 Å². The minimum atomic E-state index is 0.496. The maximum atomic E-state index is 6.30. The lowest BCUT2D eigenvalue weighted by Crippen LogP contribution is -2.15. The second-order valence-corrected chi connectivity index (χ2v) is 9.50. The predicted octanol–water partition coefficient (Wildman–Crippen LogP) is 6.90. The number of nitrogens with one attached hydrogen (secondary N) is 2. The van der Waals surface area contributed by atoms with E-state index < -0.39 is 0 Å². The van der Waals surface area contributed by atoms with Gasteiger partial charge in [0.1, 0.15) is 18.1 Å². The van der Waals surface area contributed by atoms with Crippen LogP contribution in [0.15, 0.2) is 83.3 Å². The van der Waals surface area contributed by atoms with Gasteiger partial charge in [0.05, 0.1) is 11.0 Å². The van der Waals surface area contributed by atoms with Crippen molar-refractivity contribution in [3.05, 3.63) is 106 Å². The third-order valence-corrected chi connectivity index (χ3v) is 6.47. The van der Waals surface area contributed by atoms with Gasteiger partial charge < -0.3 is 19.5 Å². The largest absolute Gasteiger partial charge is 0.489 e. The van der Waals surface area contributed by atoms with Gasteiger partial charge in [-0.15, -0.1) is 0 Å². The van der Waals surface area contributed by atoms with Gasteiger partial charge in [-0.25, -0.2) is 4.98 Å². The minimum absolute atomic E-state index is 0.496. The molecule has 1 aliphatic carbocycles. The molecule has 1 saturated carbocycles. The van der Waals surface area contributed by atoms with Crippen molar-refractivity contribution in [1.82, 2.24) is 15.3 Å². The number of hydrogen-bond acceptors (Lipinski definition) is 4. The fraction of sp³-hybridized carbons (Fsp3) is 0.207. The van der Waals surface area contributed by atoms with E-state index in [1.807, 2.05) is 60.7 Å². The molecule has 0 atom stereocenters. The number of benzene rings is 3. The molecule has 2 heterocycles. The van der Waals surface area contributed by atoms with E-state index in [4.69, 9.17) is 25.7 Å². The van der Waals surface area contributed by atoms with E-state index >= 15 is 0 Å². The highest BCUT2D eigenvalue weighted by Gasteiger charge is 2.20. The Labute approximate surface area is 209 Å². The molecule has 176 valence electrons. The SMILES string of the molecule is Clc1ccc(OCc2ccccc2)c(Cc2ccc(-c3nc4ccc(CNC5CC5)cc4[nH]3)o2)c1. The highest BCUT2D eigenvalue weighted by atomic mass is 35.5. The molecule has 1 aliphatic rings. The number of aromatic amines is 1. The van der Waals surface area contributed by atoms with Gasteiger partial charge in [0, 0.05) is 29.6 Å². The number of furan rings is 1. The van der Waals surface area contributed by atoms with E-state index in [-0.39, 0.29) is 0 Å². The Bertz CT molecular complexity index is 1450. The molecule has 0 unspecified atom stereocenters. The normalized spacial score (nSPS) is 13.4. The molecular weight excluding hydrogens is 458 g/mol. The lowest BCUT2D eigenvalue weighted by Gasteiger charge is -2.11. The second-order valence-electron chi connectivity index (χ2n) is 9.06. The number of hydrogen-bond donors (Lipinski definition) is 2. The van der Waals surface area contributed by atoms with E-state index in [2.05, 4.69) is 28.5 Å². The highest BCUT2D eigenvalue weighted by Crippen LogP contribution is 2.29. The molecule has 1 fully saturated rings. The monoisotopic (exact) mass is 483 g/mol. The van der Waals surface area contributed by atoms with Gasteiger partial charge in [-0.05, 0) is 66.4 Å². The summed E-state index contributed by atoms with van der Waals surface area (Å²) in [6.07, 6.45) is 3.14. The fourth-order valence-electron chi connectivity index (χ4n) is 4.18. The van der Waals surface area contributed by atoms with Crippen LogP contribution in [0.25, 0.3) is 22.6 Å².